The van der Waals surface area contributed by atoms with Crippen LogP contribution >= 0.6 is 0 Å². The van der Waals surface area contributed by atoms with Gasteiger partial charge in [0.1, 0.15) is 0 Å². The summed E-state index contributed by atoms with van der Waals surface area (Å²) in [4.78, 5) is 0. The van der Waals surface area contributed by atoms with E-state index in [0.29, 0.717) is 0 Å². The molecular formula is C4H16GdN2Si2. The first-order valence-electron chi connectivity index (χ1n) is 2.89. The van der Waals surface area contributed by atoms with Crippen molar-refractivity contribution in [3.63, 3.8) is 0 Å². The van der Waals surface area contributed by atoms with E-state index in [1.807, 2.05) is 26.2 Å². The molecule has 0 amide bonds. The van der Waals surface area contributed by atoms with Crippen LogP contribution in [0.25, 0.3) is 10.8 Å². The van der Waals surface area contributed by atoms with Gasteiger partial charge in [-0.05, 0) is 0 Å². The summed E-state index contributed by atoms with van der Waals surface area (Å²) in [5, 5.41) is 13.4. The fraction of sp³-hybridized carbons (Fsp3) is 1.00. The maximum absolute atomic E-state index is 6.72. The van der Waals surface area contributed by atoms with Crippen LogP contribution in [0.1, 0.15) is 0 Å². The first kappa shape index (κ1) is 17.0. The SMILES string of the molecule is C[SiH](C)[NH-].C[SiH](C)[NH-].[Gd+2]. The van der Waals surface area contributed by atoms with Crippen molar-refractivity contribution >= 4 is 17.9 Å². The Morgan fingerprint density at radius 3 is 0.778 bits per heavy atom. The van der Waals surface area contributed by atoms with Crippen molar-refractivity contribution in [2.45, 2.75) is 26.2 Å². The van der Waals surface area contributed by atoms with Crippen LogP contribution in [0.5, 0.6) is 0 Å². The summed E-state index contributed by atoms with van der Waals surface area (Å²) in [5.41, 5.74) is 0. The minimum absolute atomic E-state index is 0. The Morgan fingerprint density at radius 1 is 0.778 bits per heavy atom. The normalized spacial score (nSPS) is 8.00. The molecule has 0 bridgehead atoms. The molecule has 0 aromatic rings. The summed E-state index contributed by atoms with van der Waals surface area (Å²) < 4.78 is 0. The van der Waals surface area contributed by atoms with Crippen molar-refractivity contribution in [3.05, 3.63) is 10.8 Å². The zero-order chi connectivity index (χ0) is 7.15. The fourth-order valence-corrected chi connectivity index (χ4v) is 0. The van der Waals surface area contributed by atoms with Crippen LogP contribution in [0.3, 0.4) is 0 Å². The van der Waals surface area contributed by atoms with Crippen molar-refractivity contribution < 1.29 is 39.9 Å². The Kier molecular flexibility index (Phi) is 23.3. The van der Waals surface area contributed by atoms with Gasteiger partial charge in [0.05, 0.1) is 0 Å². The molecule has 0 aliphatic rings. The summed E-state index contributed by atoms with van der Waals surface area (Å²) in [6, 6.07) is 0. The first-order chi connectivity index (χ1) is 3.46. The van der Waals surface area contributed by atoms with Crippen LogP contribution in [0.2, 0.25) is 26.2 Å². The molecule has 0 aromatic carbocycles. The molecule has 0 saturated heterocycles. The molecular weight excluding hydrogens is 289 g/mol. The second-order valence-corrected chi connectivity index (χ2v) is 6.93. The average molecular weight is 306 g/mol. The van der Waals surface area contributed by atoms with Gasteiger partial charge in [-0.25, -0.2) is 0 Å². The Hall–Kier alpha value is 1.68. The van der Waals surface area contributed by atoms with Gasteiger partial charge in [0, 0.05) is 0 Å². The standard InChI is InChI=1S/2C2H8NSi.Gd/c2*1-4(2)3;/h2*3-4H,1-2H3;/q2*-1;+2. The molecule has 58 valence electrons. The summed E-state index contributed by atoms with van der Waals surface area (Å²) in [7, 11) is -1.78. The van der Waals surface area contributed by atoms with Gasteiger partial charge in [0.2, 0.25) is 0 Å². The van der Waals surface area contributed by atoms with Crippen LogP contribution in [0.15, 0.2) is 0 Å². The molecule has 0 rings (SSSR count). The molecule has 2 nitrogen and oxygen atoms in total. The molecule has 0 heterocycles. The second kappa shape index (κ2) is 12.4. The third-order valence-electron chi connectivity index (χ3n) is 0. The number of rotatable bonds is 0. The predicted molar refractivity (Wildman–Crippen MR) is 46.4 cm³/mol. The molecule has 9 heavy (non-hydrogen) atoms. The van der Waals surface area contributed by atoms with E-state index < -0.39 is 17.9 Å². The molecule has 0 radical (unpaired) electrons. The Bertz CT molecular complexity index is 32.0. The molecule has 0 unspecified atom stereocenters. The van der Waals surface area contributed by atoms with Gasteiger partial charge in [-0.15, -0.1) is 0 Å². The molecule has 0 atom stereocenters. The zero-order valence-corrected chi connectivity index (χ0v) is 11.1. The monoisotopic (exact) mass is 306 g/mol. The summed E-state index contributed by atoms with van der Waals surface area (Å²) in [6.07, 6.45) is 0. The predicted octanol–water partition coefficient (Wildman–Crippen LogP) is 2.04. The summed E-state index contributed by atoms with van der Waals surface area (Å²) in [6.45, 7) is 7.89. The Morgan fingerprint density at radius 2 is 0.778 bits per heavy atom. The molecule has 0 fully saturated rings. The van der Waals surface area contributed by atoms with E-state index in [0.717, 1.165) is 0 Å². The largest absolute Gasteiger partial charge is 2.00 e. The Labute approximate surface area is 93.8 Å². The Balaban J connectivity index is -0.0000000720. The molecule has 5 heteroatoms. The van der Waals surface area contributed by atoms with E-state index in [-0.39, 0.29) is 39.9 Å². The molecule has 0 aliphatic carbocycles. The van der Waals surface area contributed by atoms with Gasteiger partial charge < -0.3 is 10.8 Å². The van der Waals surface area contributed by atoms with Crippen LogP contribution in [0.4, 0.5) is 0 Å². The molecule has 0 saturated carbocycles. The molecule has 0 spiro atoms. The minimum atomic E-state index is -0.889. The maximum atomic E-state index is 6.72. The third kappa shape index (κ3) is 203. The van der Waals surface area contributed by atoms with Crippen LogP contribution in [0, 0.1) is 39.9 Å². The smallest absolute Gasteiger partial charge is 0.682 e. The van der Waals surface area contributed by atoms with Crippen LogP contribution in [-0.4, -0.2) is 17.9 Å². The van der Waals surface area contributed by atoms with E-state index in [2.05, 4.69) is 0 Å². The van der Waals surface area contributed by atoms with E-state index in [4.69, 9.17) is 10.8 Å². The van der Waals surface area contributed by atoms with Gasteiger partial charge in [-0.2, -0.15) is 0 Å². The molecule has 2 N–H and O–H groups in total. The quantitative estimate of drug-likeness (QED) is 0.615. The number of nitrogens with one attached hydrogen (secondary N) is 2. The van der Waals surface area contributed by atoms with Gasteiger partial charge in [-0.3, -0.25) is 0 Å². The van der Waals surface area contributed by atoms with Crippen molar-refractivity contribution in [1.82, 2.24) is 0 Å². The van der Waals surface area contributed by atoms with E-state index in [1.54, 1.807) is 0 Å². The summed E-state index contributed by atoms with van der Waals surface area (Å²) in [5.74, 6) is 0. The van der Waals surface area contributed by atoms with Crippen molar-refractivity contribution in [1.29, 1.82) is 0 Å². The van der Waals surface area contributed by atoms with Crippen molar-refractivity contribution in [2.24, 2.45) is 0 Å². The summed E-state index contributed by atoms with van der Waals surface area (Å²) >= 11 is 0. The minimum Gasteiger partial charge on any atom is -0.682 e. The number of hydrogen-bond acceptors (Lipinski definition) is 0. The first-order valence-corrected chi connectivity index (χ1v) is 8.66. The van der Waals surface area contributed by atoms with Gasteiger partial charge in [-0.1, -0.05) is 44.1 Å². The fourth-order valence-electron chi connectivity index (χ4n) is 0. The van der Waals surface area contributed by atoms with Gasteiger partial charge in [0.25, 0.3) is 0 Å². The van der Waals surface area contributed by atoms with E-state index >= 15 is 0 Å². The van der Waals surface area contributed by atoms with Crippen LogP contribution in [-0.2, 0) is 0 Å². The molecule has 0 aromatic heterocycles. The second-order valence-electron chi connectivity index (χ2n) is 2.31. The van der Waals surface area contributed by atoms with E-state index in [1.165, 1.54) is 0 Å². The van der Waals surface area contributed by atoms with Crippen LogP contribution < -0.4 is 0 Å². The average Bonchev–Trinajstić information content (AvgIpc) is 1.25. The zero-order valence-electron chi connectivity index (χ0n) is 6.51. The number of hydrogen-bond donors (Lipinski definition) is 0. The topological polar surface area (TPSA) is 47.6 Å². The molecule has 0 aliphatic heterocycles. The van der Waals surface area contributed by atoms with Crippen molar-refractivity contribution in [2.75, 3.05) is 0 Å². The maximum Gasteiger partial charge on any atom is 2.00 e. The van der Waals surface area contributed by atoms with Gasteiger partial charge >= 0.3 is 39.9 Å². The van der Waals surface area contributed by atoms with E-state index in [9.17, 15) is 0 Å². The van der Waals surface area contributed by atoms with Crippen molar-refractivity contribution in [3.8, 4) is 0 Å². The van der Waals surface area contributed by atoms with Gasteiger partial charge in [0.15, 0.2) is 0 Å². The third-order valence-corrected chi connectivity index (χ3v) is 0.